The maximum atomic E-state index is 6.54. The molecule has 2 heteroatoms. The highest BCUT2D eigenvalue weighted by molar-refractivity contribution is 6.09. The van der Waals surface area contributed by atoms with Crippen molar-refractivity contribution in [1.29, 1.82) is 0 Å². The zero-order valence-corrected chi connectivity index (χ0v) is 20.4. The molecule has 0 spiro atoms. The number of hydrogen-bond donors (Lipinski definition) is 0. The van der Waals surface area contributed by atoms with Crippen LogP contribution >= 0.6 is 0 Å². The van der Waals surface area contributed by atoms with E-state index in [0.29, 0.717) is 0 Å². The molecule has 0 N–H and O–H groups in total. The molecule has 0 aliphatic rings. The van der Waals surface area contributed by atoms with Gasteiger partial charge in [-0.15, -0.1) is 0 Å². The Morgan fingerprint density at radius 1 is 0.389 bits per heavy atom. The summed E-state index contributed by atoms with van der Waals surface area (Å²) in [5.41, 5.74) is 4.44. The van der Waals surface area contributed by atoms with Crippen LogP contribution in [-0.4, -0.2) is 0 Å². The van der Waals surface area contributed by atoms with Crippen molar-refractivity contribution in [2.45, 2.75) is 13.8 Å². The van der Waals surface area contributed by atoms with Gasteiger partial charge in [0.1, 0.15) is 23.0 Å². The topological polar surface area (TPSA) is 18.5 Å². The Balaban J connectivity index is 1.63. The molecule has 6 aromatic carbocycles. The molecule has 174 valence electrons. The number of fused-ring (bicyclic) bond motifs is 2. The maximum absolute atomic E-state index is 6.54. The predicted octanol–water partition coefficient (Wildman–Crippen LogP) is 9.86. The molecule has 0 amide bonds. The van der Waals surface area contributed by atoms with Gasteiger partial charge in [-0.1, -0.05) is 96.1 Å². The standard InChI is InChI=1S/C34H26O2/c1-23-11-17-27(18-12-23)35-31-21-15-25-7-3-5-9-29(25)33(31)34-30-10-6-4-8-26(30)16-22-32(34)36-28-19-13-24(2)14-20-28/h3-22H,1-2H3. The van der Waals surface area contributed by atoms with E-state index in [1.54, 1.807) is 0 Å². The molecule has 0 radical (unpaired) electrons. The number of hydrogen-bond acceptors (Lipinski definition) is 2. The van der Waals surface area contributed by atoms with Crippen LogP contribution in [0.3, 0.4) is 0 Å². The average molecular weight is 467 g/mol. The number of ether oxygens (including phenoxy) is 2. The summed E-state index contributed by atoms with van der Waals surface area (Å²) >= 11 is 0. The lowest BCUT2D eigenvalue weighted by atomic mass is 9.92. The third-order valence-electron chi connectivity index (χ3n) is 6.53. The number of benzene rings is 6. The van der Waals surface area contributed by atoms with Gasteiger partial charge >= 0.3 is 0 Å². The Labute approximate surface area is 211 Å². The van der Waals surface area contributed by atoms with Crippen LogP contribution in [0.5, 0.6) is 23.0 Å². The fraction of sp³-hybridized carbons (Fsp3) is 0.0588. The molecule has 0 saturated heterocycles. The maximum Gasteiger partial charge on any atom is 0.136 e. The zero-order chi connectivity index (χ0) is 24.5. The highest BCUT2D eigenvalue weighted by Crippen LogP contribution is 2.47. The molecule has 0 saturated carbocycles. The van der Waals surface area contributed by atoms with Crippen molar-refractivity contribution in [1.82, 2.24) is 0 Å². The van der Waals surface area contributed by atoms with Gasteiger partial charge in [0.2, 0.25) is 0 Å². The monoisotopic (exact) mass is 466 g/mol. The molecule has 2 nitrogen and oxygen atoms in total. The van der Waals surface area contributed by atoms with Crippen molar-refractivity contribution in [3.8, 4) is 34.1 Å². The highest BCUT2D eigenvalue weighted by atomic mass is 16.5. The van der Waals surface area contributed by atoms with E-state index in [4.69, 9.17) is 9.47 Å². The van der Waals surface area contributed by atoms with Crippen molar-refractivity contribution in [2.24, 2.45) is 0 Å². The first-order valence-corrected chi connectivity index (χ1v) is 12.2. The smallest absolute Gasteiger partial charge is 0.136 e. The Kier molecular flexibility index (Phi) is 5.63. The van der Waals surface area contributed by atoms with Crippen LogP contribution in [0.15, 0.2) is 121 Å². The van der Waals surface area contributed by atoms with Crippen LogP contribution in [0.1, 0.15) is 11.1 Å². The van der Waals surface area contributed by atoms with E-state index >= 15 is 0 Å². The molecule has 0 aliphatic carbocycles. The van der Waals surface area contributed by atoms with Crippen molar-refractivity contribution in [3.05, 3.63) is 132 Å². The molecule has 0 unspecified atom stereocenters. The van der Waals surface area contributed by atoms with E-state index in [2.05, 4.69) is 111 Å². The first-order valence-electron chi connectivity index (χ1n) is 12.2. The first kappa shape index (κ1) is 21.9. The van der Waals surface area contributed by atoms with E-state index in [1.807, 2.05) is 24.3 Å². The summed E-state index contributed by atoms with van der Waals surface area (Å²) in [6.45, 7) is 4.16. The van der Waals surface area contributed by atoms with Crippen LogP contribution in [0.25, 0.3) is 32.7 Å². The van der Waals surface area contributed by atoms with Crippen molar-refractivity contribution >= 4 is 21.5 Å². The lowest BCUT2D eigenvalue weighted by molar-refractivity contribution is 0.478. The van der Waals surface area contributed by atoms with Crippen LogP contribution in [0.2, 0.25) is 0 Å². The summed E-state index contributed by atoms with van der Waals surface area (Å²) in [4.78, 5) is 0. The Morgan fingerprint density at radius 3 is 1.19 bits per heavy atom. The minimum atomic E-state index is 0.794. The van der Waals surface area contributed by atoms with Crippen molar-refractivity contribution < 1.29 is 9.47 Å². The average Bonchev–Trinajstić information content (AvgIpc) is 2.91. The summed E-state index contributed by atoms with van der Waals surface area (Å²) in [6.07, 6.45) is 0. The van der Waals surface area contributed by atoms with E-state index in [9.17, 15) is 0 Å². The first-order chi connectivity index (χ1) is 17.7. The predicted molar refractivity (Wildman–Crippen MR) is 149 cm³/mol. The largest absolute Gasteiger partial charge is 0.457 e. The summed E-state index contributed by atoms with van der Waals surface area (Å²) in [7, 11) is 0. The van der Waals surface area contributed by atoms with Crippen LogP contribution < -0.4 is 9.47 Å². The number of rotatable bonds is 5. The van der Waals surface area contributed by atoms with E-state index < -0.39 is 0 Å². The molecule has 0 heterocycles. The Morgan fingerprint density at radius 2 is 0.778 bits per heavy atom. The highest BCUT2D eigenvalue weighted by Gasteiger charge is 2.20. The minimum Gasteiger partial charge on any atom is -0.457 e. The van der Waals surface area contributed by atoms with Gasteiger partial charge < -0.3 is 9.47 Å². The summed E-state index contributed by atoms with van der Waals surface area (Å²) in [5.74, 6) is 3.20. The molecule has 0 aromatic heterocycles. The summed E-state index contributed by atoms with van der Waals surface area (Å²) in [5, 5.41) is 4.54. The second-order valence-electron chi connectivity index (χ2n) is 9.15. The van der Waals surface area contributed by atoms with Crippen LogP contribution in [0, 0.1) is 13.8 Å². The Bertz CT molecular complexity index is 1550. The zero-order valence-electron chi connectivity index (χ0n) is 20.4. The second-order valence-corrected chi connectivity index (χ2v) is 9.15. The van der Waals surface area contributed by atoms with Gasteiger partial charge in [0.25, 0.3) is 0 Å². The Hall–Kier alpha value is -4.56. The minimum absolute atomic E-state index is 0.794. The van der Waals surface area contributed by atoms with E-state index in [-0.39, 0.29) is 0 Å². The molecular weight excluding hydrogens is 440 g/mol. The van der Waals surface area contributed by atoms with E-state index in [1.165, 1.54) is 11.1 Å². The summed E-state index contributed by atoms with van der Waals surface area (Å²) < 4.78 is 13.1. The molecule has 6 aromatic rings. The van der Waals surface area contributed by atoms with Gasteiger partial charge in [-0.25, -0.2) is 0 Å². The van der Waals surface area contributed by atoms with Crippen molar-refractivity contribution in [3.63, 3.8) is 0 Å². The second kappa shape index (κ2) is 9.24. The third kappa shape index (κ3) is 4.18. The normalized spacial score (nSPS) is 11.1. The molecule has 0 aliphatic heterocycles. The van der Waals surface area contributed by atoms with Crippen LogP contribution in [0.4, 0.5) is 0 Å². The fourth-order valence-corrected chi connectivity index (χ4v) is 4.66. The van der Waals surface area contributed by atoms with Gasteiger partial charge in [-0.05, 0) is 71.8 Å². The molecular formula is C34H26O2. The third-order valence-corrected chi connectivity index (χ3v) is 6.53. The number of aryl methyl sites for hydroxylation is 2. The van der Waals surface area contributed by atoms with Gasteiger partial charge in [-0.3, -0.25) is 0 Å². The SMILES string of the molecule is Cc1ccc(Oc2ccc3ccccc3c2-c2c(Oc3ccc(C)cc3)ccc3ccccc23)cc1. The lowest BCUT2D eigenvalue weighted by Crippen LogP contribution is -1.95. The molecule has 0 atom stereocenters. The molecule has 0 fully saturated rings. The van der Waals surface area contributed by atoms with Gasteiger partial charge in [0.15, 0.2) is 0 Å². The quantitative estimate of drug-likeness (QED) is 0.252. The molecule has 6 rings (SSSR count). The van der Waals surface area contributed by atoms with Crippen molar-refractivity contribution in [2.75, 3.05) is 0 Å². The van der Waals surface area contributed by atoms with E-state index in [0.717, 1.165) is 55.7 Å². The summed E-state index contributed by atoms with van der Waals surface area (Å²) in [6, 6.07) is 41.6. The fourth-order valence-electron chi connectivity index (χ4n) is 4.66. The lowest BCUT2D eigenvalue weighted by Gasteiger charge is -2.19. The van der Waals surface area contributed by atoms with Gasteiger partial charge in [-0.2, -0.15) is 0 Å². The van der Waals surface area contributed by atoms with Gasteiger partial charge in [0, 0.05) is 11.1 Å². The van der Waals surface area contributed by atoms with Gasteiger partial charge in [0.05, 0.1) is 0 Å². The molecule has 36 heavy (non-hydrogen) atoms. The molecule has 0 bridgehead atoms. The van der Waals surface area contributed by atoms with Crippen LogP contribution in [-0.2, 0) is 0 Å².